The monoisotopic (exact) mass is 227 g/mol. The van der Waals surface area contributed by atoms with Crippen LogP contribution in [0.5, 0.6) is 0 Å². The Morgan fingerprint density at radius 1 is 0.824 bits per heavy atom. The molecule has 0 aliphatic heterocycles. The predicted octanol–water partition coefficient (Wildman–Crippen LogP) is 2.81. The molecule has 88 valence electrons. The molecule has 2 aromatic rings. The minimum atomic E-state index is -0.508. The van der Waals surface area contributed by atoms with Gasteiger partial charge in [-0.15, -0.1) is 0 Å². The first-order chi connectivity index (χ1) is 8.27. The summed E-state index contributed by atoms with van der Waals surface area (Å²) in [7, 11) is 0. The fourth-order valence-corrected chi connectivity index (χ4v) is 1.89. The van der Waals surface area contributed by atoms with Crippen molar-refractivity contribution in [1.82, 2.24) is 0 Å². The van der Waals surface area contributed by atoms with Gasteiger partial charge in [0.25, 0.3) is 0 Å². The molecule has 2 nitrogen and oxygen atoms in total. The molecule has 0 fully saturated rings. The summed E-state index contributed by atoms with van der Waals surface area (Å²) in [4.78, 5) is 0. The third kappa shape index (κ3) is 3.16. The van der Waals surface area contributed by atoms with Crippen LogP contribution in [0.1, 0.15) is 29.7 Å². The maximum absolute atomic E-state index is 10.1. The van der Waals surface area contributed by atoms with E-state index in [0.717, 1.165) is 11.1 Å². The Labute approximate surface area is 102 Å². The average Bonchev–Trinajstić information content (AvgIpc) is 2.40. The van der Waals surface area contributed by atoms with Crippen molar-refractivity contribution >= 4 is 0 Å². The summed E-state index contributed by atoms with van der Waals surface area (Å²) in [5.74, 6) is 0. The van der Waals surface area contributed by atoms with Crippen LogP contribution in [0.4, 0.5) is 0 Å². The van der Waals surface area contributed by atoms with Crippen molar-refractivity contribution in [2.75, 3.05) is 0 Å². The number of aliphatic hydroxyl groups is 1. The normalized spacial score (nSPS) is 14.2. The van der Waals surface area contributed by atoms with E-state index in [0.29, 0.717) is 6.42 Å². The fourth-order valence-electron chi connectivity index (χ4n) is 1.89. The molecule has 0 amide bonds. The topological polar surface area (TPSA) is 46.2 Å². The highest BCUT2D eigenvalue weighted by Crippen LogP contribution is 2.24. The minimum Gasteiger partial charge on any atom is -0.388 e. The van der Waals surface area contributed by atoms with E-state index in [1.807, 2.05) is 60.7 Å². The van der Waals surface area contributed by atoms with Crippen LogP contribution in [0.2, 0.25) is 0 Å². The molecular formula is C15H17NO. The number of aliphatic hydroxyl groups excluding tert-OH is 1. The number of hydrogen-bond acceptors (Lipinski definition) is 2. The zero-order valence-corrected chi connectivity index (χ0v) is 9.66. The third-order valence-corrected chi connectivity index (χ3v) is 2.89. The average molecular weight is 227 g/mol. The van der Waals surface area contributed by atoms with Gasteiger partial charge in [0.2, 0.25) is 0 Å². The second-order valence-electron chi connectivity index (χ2n) is 4.18. The van der Waals surface area contributed by atoms with E-state index in [-0.39, 0.29) is 6.04 Å². The molecule has 0 aromatic heterocycles. The van der Waals surface area contributed by atoms with Gasteiger partial charge in [-0.1, -0.05) is 60.7 Å². The van der Waals surface area contributed by atoms with Gasteiger partial charge in [0, 0.05) is 6.04 Å². The minimum absolute atomic E-state index is 0.133. The van der Waals surface area contributed by atoms with Crippen molar-refractivity contribution < 1.29 is 5.11 Å². The molecular weight excluding hydrogens is 210 g/mol. The molecule has 0 radical (unpaired) electrons. The molecule has 3 N–H and O–H groups in total. The molecule has 0 aliphatic rings. The van der Waals surface area contributed by atoms with Gasteiger partial charge in [-0.05, 0) is 17.5 Å². The first kappa shape index (κ1) is 11.8. The highest BCUT2D eigenvalue weighted by Gasteiger charge is 2.13. The molecule has 17 heavy (non-hydrogen) atoms. The van der Waals surface area contributed by atoms with Crippen LogP contribution in [0, 0.1) is 0 Å². The highest BCUT2D eigenvalue weighted by atomic mass is 16.3. The Morgan fingerprint density at radius 2 is 1.29 bits per heavy atom. The summed E-state index contributed by atoms with van der Waals surface area (Å²) in [6.45, 7) is 0. The van der Waals surface area contributed by atoms with Gasteiger partial charge in [-0.2, -0.15) is 0 Å². The van der Waals surface area contributed by atoms with E-state index >= 15 is 0 Å². The summed E-state index contributed by atoms with van der Waals surface area (Å²) in [5, 5.41) is 10.1. The zero-order valence-electron chi connectivity index (χ0n) is 9.66. The van der Waals surface area contributed by atoms with Crippen LogP contribution in [-0.4, -0.2) is 5.11 Å². The van der Waals surface area contributed by atoms with Gasteiger partial charge in [0.1, 0.15) is 0 Å². The van der Waals surface area contributed by atoms with Gasteiger partial charge < -0.3 is 10.8 Å². The van der Waals surface area contributed by atoms with Crippen molar-refractivity contribution in [3.63, 3.8) is 0 Å². The van der Waals surface area contributed by atoms with Gasteiger partial charge in [0.15, 0.2) is 0 Å². The van der Waals surface area contributed by atoms with Crippen molar-refractivity contribution in [2.24, 2.45) is 5.73 Å². The standard InChI is InChI=1S/C15H17NO/c16-14(12-7-3-1-4-8-12)11-15(17)13-9-5-2-6-10-13/h1-10,14-15,17H,11,16H2. The number of nitrogens with two attached hydrogens (primary N) is 1. The molecule has 0 saturated heterocycles. The molecule has 2 aromatic carbocycles. The Bertz CT molecular complexity index is 397. The van der Waals surface area contributed by atoms with E-state index in [2.05, 4.69) is 0 Å². The quantitative estimate of drug-likeness (QED) is 0.843. The molecule has 0 aliphatic carbocycles. The fraction of sp³-hybridized carbons (Fsp3) is 0.200. The van der Waals surface area contributed by atoms with Crippen LogP contribution in [0.25, 0.3) is 0 Å². The van der Waals surface area contributed by atoms with E-state index in [1.165, 1.54) is 0 Å². The molecule has 0 spiro atoms. The number of hydrogen-bond donors (Lipinski definition) is 2. The van der Waals surface area contributed by atoms with Crippen LogP contribution in [0.15, 0.2) is 60.7 Å². The second kappa shape index (κ2) is 5.62. The predicted molar refractivity (Wildman–Crippen MR) is 69.4 cm³/mol. The SMILES string of the molecule is NC(CC(O)c1ccccc1)c1ccccc1. The molecule has 0 bridgehead atoms. The van der Waals surface area contributed by atoms with Crippen molar-refractivity contribution in [2.45, 2.75) is 18.6 Å². The van der Waals surface area contributed by atoms with E-state index < -0.39 is 6.10 Å². The molecule has 2 heteroatoms. The van der Waals surface area contributed by atoms with Gasteiger partial charge >= 0.3 is 0 Å². The maximum atomic E-state index is 10.1. The summed E-state index contributed by atoms with van der Waals surface area (Å²) >= 11 is 0. The zero-order chi connectivity index (χ0) is 12.1. The van der Waals surface area contributed by atoms with E-state index in [9.17, 15) is 5.11 Å². The van der Waals surface area contributed by atoms with Crippen LogP contribution in [0.3, 0.4) is 0 Å². The third-order valence-electron chi connectivity index (χ3n) is 2.89. The van der Waals surface area contributed by atoms with Crippen LogP contribution >= 0.6 is 0 Å². The summed E-state index contributed by atoms with van der Waals surface area (Å²) in [6, 6.07) is 19.4. The van der Waals surface area contributed by atoms with Crippen molar-refractivity contribution in [3.8, 4) is 0 Å². The Balaban J connectivity index is 2.02. The second-order valence-corrected chi connectivity index (χ2v) is 4.18. The smallest absolute Gasteiger partial charge is 0.0808 e. The van der Waals surface area contributed by atoms with Crippen LogP contribution in [-0.2, 0) is 0 Å². The first-order valence-electron chi connectivity index (χ1n) is 5.81. The number of benzene rings is 2. The molecule has 2 unspecified atom stereocenters. The molecule has 0 heterocycles. The first-order valence-corrected chi connectivity index (χ1v) is 5.81. The molecule has 2 rings (SSSR count). The maximum Gasteiger partial charge on any atom is 0.0808 e. The lowest BCUT2D eigenvalue weighted by Crippen LogP contribution is -2.14. The lowest BCUT2D eigenvalue weighted by Gasteiger charge is -2.17. The van der Waals surface area contributed by atoms with E-state index in [4.69, 9.17) is 5.73 Å². The van der Waals surface area contributed by atoms with Crippen molar-refractivity contribution in [3.05, 3.63) is 71.8 Å². The Kier molecular flexibility index (Phi) is 3.91. The summed E-state index contributed by atoms with van der Waals surface area (Å²) in [5.41, 5.74) is 8.05. The van der Waals surface area contributed by atoms with Crippen molar-refractivity contribution in [1.29, 1.82) is 0 Å². The van der Waals surface area contributed by atoms with Gasteiger partial charge in [0.05, 0.1) is 6.10 Å². The highest BCUT2D eigenvalue weighted by molar-refractivity contribution is 5.21. The summed E-state index contributed by atoms with van der Waals surface area (Å²) in [6.07, 6.45) is 0.0278. The van der Waals surface area contributed by atoms with Gasteiger partial charge in [-0.25, -0.2) is 0 Å². The Hall–Kier alpha value is -1.64. The lowest BCUT2D eigenvalue weighted by molar-refractivity contribution is 0.158. The molecule has 0 saturated carbocycles. The summed E-state index contributed by atoms with van der Waals surface area (Å²) < 4.78 is 0. The van der Waals surface area contributed by atoms with Crippen LogP contribution < -0.4 is 5.73 Å². The molecule has 2 atom stereocenters. The van der Waals surface area contributed by atoms with Gasteiger partial charge in [-0.3, -0.25) is 0 Å². The largest absolute Gasteiger partial charge is 0.388 e. The number of rotatable bonds is 4. The van der Waals surface area contributed by atoms with E-state index in [1.54, 1.807) is 0 Å². The lowest BCUT2D eigenvalue weighted by atomic mass is 9.97. The Morgan fingerprint density at radius 3 is 1.82 bits per heavy atom.